The van der Waals surface area contributed by atoms with Gasteiger partial charge in [0.05, 0.1) is 11.1 Å². The molecular formula is C29H25F3O2. The summed E-state index contributed by atoms with van der Waals surface area (Å²) in [4.78, 5) is 10.3. The van der Waals surface area contributed by atoms with E-state index in [0.29, 0.717) is 0 Å². The Kier molecular flexibility index (Phi) is 7.57. The molecule has 0 aliphatic carbocycles. The topological polar surface area (TPSA) is 37.3 Å². The van der Waals surface area contributed by atoms with Gasteiger partial charge in [-0.25, -0.2) is 4.79 Å². The van der Waals surface area contributed by atoms with Crippen LogP contribution in [0.4, 0.5) is 13.2 Å². The van der Waals surface area contributed by atoms with Crippen molar-refractivity contribution in [3.63, 3.8) is 0 Å². The lowest BCUT2D eigenvalue weighted by Crippen LogP contribution is -2.05. The molecule has 4 aromatic carbocycles. The maximum atomic E-state index is 12.0. The van der Waals surface area contributed by atoms with E-state index in [0.717, 1.165) is 24.3 Å². The van der Waals surface area contributed by atoms with Crippen molar-refractivity contribution in [2.24, 2.45) is 0 Å². The summed E-state index contributed by atoms with van der Waals surface area (Å²) in [6, 6.07) is 27.0. The van der Waals surface area contributed by atoms with Crippen molar-refractivity contribution in [2.45, 2.75) is 26.9 Å². The first-order valence-electron chi connectivity index (χ1n) is 10.7. The molecule has 0 unspecified atom stereocenters. The summed E-state index contributed by atoms with van der Waals surface area (Å²) in [5, 5.41) is 8.40. The fourth-order valence-electron chi connectivity index (χ4n) is 4.09. The first-order valence-corrected chi connectivity index (χ1v) is 10.7. The average molecular weight is 463 g/mol. The van der Waals surface area contributed by atoms with E-state index in [4.69, 9.17) is 5.11 Å². The van der Waals surface area contributed by atoms with Crippen LogP contribution in [0, 0.1) is 20.8 Å². The van der Waals surface area contributed by atoms with Gasteiger partial charge < -0.3 is 5.11 Å². The minimum atomic E-state index is -4.42. The van der Waals surface area contributed by atoms with E-state index in [1.54, 1.807) is 0 Å². The molecule has 0 saturated heterocycles. The molecule has 0 fully saturated rings. The van der Waals surface area contributed by atoms with E-state index >= 15 is 0 Å². The normalized spacial score (nSPS) is 10.9. The lowest BCUT2D eigenvalue weighted by molar-refractivity contribution is -0.137. The molecule has 0 amide bonds. The van der Waals surface area contributed by atoms with Crippen molar-refractivity contribution in [3.05, 3.63) is 119 Å². The molecule has 2 nitrogen and oxygen atoms in total. The van der Waals surface area contributed by atoms with E-state index in [1.165, 1.54) is 38.9 Å². The number of hydrogen-bond acceptors (Lipinski definition) is 1. The highest BCUT2D eigenvalue weighted by molar-refractivity contribution is 5.87. The number of benzene rings is 4. The molecule has 0 aliphatic heterocycles. The Labute approximate surface area is 197 Å². The van der Waals surface area contributed by atoms with Crippen LogP contribution in [0.3, 0.4) is 0 Å². The number of aryl methyl sites for hydroxylation is 2. The third-order valence-corrected chi connectivity index (χ3v) is 5.56. The molecule has 0 aliphatic rings. The minimum Gasteiger partial charge on any atom is -0.478 e. The first kappa shape index (κ1) is 24.8. The number of carboxylic acids is 1. The van der Waals surface area contributed by atoms with Crippen LogP contribution >= 0.6 is 0 Å². The second-order valence-corrected chi connectivity index (χ2v) is 8.00. The molecule has 0 atom stereocenters. The van der Waals surface area contributed by atoms with Crippen molar-refractivity contribution in [3.8, 4) is 22.3 Å². The molecule has 5 heteroatoms. The third-order valence-electron chi connectivity index (χ3n) is 5.56. The summed E-state index contributed by atoms with van der Waals surface area (Å²) in [6.45, 7) is 6.65. The predicted octanol–water partition coefficient (Wildman–Crippen LogP) is 8.35. The maximum Gasteiger partial charge on any atom is 0.416 e. The number of rotatable bonds is 3. The van der Waals surface area contributed by atoms with Crippen molar-refractivity contribution >= 4 is 5.97 Å². The lowest BCUT2D eigenvalue weighted by Gasteiger charge is -2.18. The SMILES string of the molecule is Cc1cc(C)c(-c2ccccc2)c(C)c1-c1ccccc1.O=C(O)c1ccc(C(F)(F)F)cc1. The zero-order valence-electron chi connectivity index (χ0n) is 19.1. The molecule has 4 aromatic rings. The zero-order chi connectivity index (χ0) is 24.9. The Morgan fingerprint density at radius 2 is 1.09 bits per heavy atom. The van der Waals surface area contributed by atoms with Crippen molar-refractivity contribution in [2.75, 3.05) is 0 Å². The van der Waals surface area contributed by atoms with Gasteiger partial charge >= 0.3 is 12.1 Å². The largest absolute Gasteiger partial charge is 0.478 e. The molecule has 1 N–H and O–H groups in total. The Balaban J connectivity index is 0.000000215. The second kappa shape index (κ2) is 10.4. The van der Waals surface area contributed by atoms with Crippen LogP contribution in [-0.4, -0.2) is 11.1 Å². The number of alkyl halides is 3. The number of carboxylic acid groups (broad SMARTS) is 1. The van der Waals surface area contributed by atoms with E-state index < -0.39 is 17.7 Å². The summed E-state index contributed by atoms with van der Waals surface area (Å²) >= 11 is 0. The summed E-state index contributed by atoms with van der Waals surface area (Å²) in [5.74, 6) is -1.24. The summed E-state index contributed by atoms with van der Waals surface area (Å²) in [6.07, 6.45) is -4.42. The minimum absolute atomic E-state index is 0.159. The van der Waals surface area contributed by atoms with Crippen molar-refractivity contribution in [1.29, 1.82) is 0 Å². The molecule has 0 radical (unpaired) electrons. The Hall–Kier alpha value is -3.86. The fraction of sp³-hybridized carbons (Fsp3) is 0.138. The number of aromatic carboxylic acids is 1. The van der Waals surface area contributed by atoms with Crippen LogP contribution in [0.2, 0.25) is 0 Å². The van der Waals surface area contributed by atoms with Crippen LogP contribution in [0.25, 0.3) is 22.3 Å². The monoisotopic (exact) mass is 462 g/mol. The number of carbonyl (C=O) groups is 1. The van der Waals surface area contributed by atoms with E-state index in [2.05, 4.69) is 87.5 Å². The van der Waals surface area contributed by atoms with Gasteiger partial charge in [0.2, 0.25) is 0 Å². The Bertz CT molecular complexity index is 1200. The van der Waals surface area contributed by atoms with Crippen LogP contribution < -0.4 is 0 Å². The van der Waals surface area contributed by atoms with Gasteiger partial charge in [-0.1, -0.05) is 66.7 Å². The molecule has 4 rings (SSSR count). The van der Waals surface area contributed by atoms with Crippen molar-refractivity contribution in [1.82, 2.24) is 0 Å². The van der Waals surface area contributed by atoms with E-state index in [1.807, 2.05) is 0 Å². The van der Waals surface area contributed by atoms with Gasteiger partial charge in [-0.3, -0.25) is 0 Å². The molecule has 0 saturated carbocycles. The average Bonchev–Trinajstić information content (AvgIpc) is 2.80. The second-order valence-electron chi connectivity index (χ2n) is 8.00. The molecule has 174 valence electrons. The molecule has 0 bridgehead atoms. The summed E-state index contributed by atoms with van der Waals surface area (Å²) in [7, 11) is 0. The van der Waals surface area contributed by atoms with Gasteiger partial charge in [0.25, 0.3) is 0 Å². The zero-order valence-corrected chi connectivity index (χ0v) is 19.1. The Morgan fingerprint density at radius 3 is 1.44 bits per heavy atom. The van der Waals surface area contributed by atoms with Crippen LogP contribution in [-0.2, 0) is 6.18 Å². The summed E-state index contributed by atoms with van der Waals surface area (Å²) < 4.78 is 35.9. The first-order chi connectivity index (χ1) is 16.1. The molecule has 0 spiro atoms. The van der Waals surface area contributed by atoms with Gasteiger partial charge in [0, 0.05) is 0 Å². The van der Waals surface area contributed by atoms with E-state index in [-0.39, 0.29) is 5.56 Å². The number of halogens is 3. The molecule has 0 heterocycles. The van der Waals surface area contributed by atoms with Gasteiger partial charge in [-0.2, -0.15) is 13.2 Å². The third kappa shape index (κ3) is 5.73. The predicted molar refractivity (Wildman–Crippen MR) is 130 cm³/mol. The highest BCUT2D eigenvalue weighted by atomic mass is 19.4. The number of hydrogen-bond donors (Lipinski definition) is 1. The van der Waals surface area contributed by atoms with E-state index in [9.17, 15) is 18.0 Å². The van der Waals surface area contributed by atoms with Crippen LogP contribution in [0.1, 0.15) is 32.6 Å². The van der Waals surface area contributed by atoms with Crippen LogP contribution in [0.5, 0.6) is 0 Å². The van der Waals surface area contributed by atoms with Gasteiger partial charge in [-0.15, -0.1) is 0 Å². The standard InChI is InChI=1S/C21H20.C8H5F3O2/c1-15-14-16(2)21(19-12-8-5-9-13-19)17(3)20(15)18-10-6-4-7-11-18;9-8(10,11)6-3-1-5(2-4-6)7(12)13/h4-14H,1-3H3;1-4H,(H,12,13). The molecule has 0 aromatic heterocycles. The van der Waals surface area contributed by atoms with Crippen LogP contribution in [0.15, 0.2) is 91.0 Å². The highest BCUT2D eigenvalue weighted by Crippen LogP contribution is 2.36. The van der Waals surface area contributed by atoms with Gasteiger partial charge in [-0.05, 0) is 84.0 Å². The van der Waals surface area contributed by atoms with Gasteiger partial charge in [0.1, 0.15) is 0 Å². The summed E-state index contributed by atoms with van der Waals surface area (Å²) in [5.41, 5.74) is 8.36. The lowest BCUT2D eigenvalue weighted by atomic mass is 9.86. The quantitative estimate of drug-likeness (QED) is 0.332. The smallest absolute Gasteiger partial charge is 0.416 e. The molecule has 34 heavy (non-hydrogen) atoms. The Morgan fingerprint density at radius 1 is 0.676 bits per heavy atom. The highest BCUT2D eigenvalue weighted by Gasteiger charge is 2.30. The van der Waals surface area contributed by atoms with Gasteiger partial charge in [0.15, 0.2) is 0 Å². The maximum absolute atomic E-state index is 12.0. The van der Waals surface area contributed by atoms with Crippen molar-refractivity contribution < 1.29 is 23.1 Å². The molecular weight excluding hydrogens is 437 g/mol. The fourth-order valence-corrected chi connectivity index (χ4v) is 4.09.